The van der Waals surface area contributed by atoms with Crippen LogP contribution in [0.15, 0.2) is 54.9 Å². The Hall–Kier alpha value is -3.75. The van der Waals surface area contributed by atoms with Gasteiger partial charge in [0.2, 0.25) is 0 Å². The van der Waals surface area contributed by atoms with E-state index in [1.807, 2.05) is 25.1 Å². The Labute approximate surface area is 178 Å². The van der Waals surface area contributed by atoms with E-state index in [1.165, 1.54) is 12.3 Å². The van der Waals surface area contributed by atoms with Gasteiger partial charge in [0.15, 0.2) is 11.3 Å². The van der Waals surface area contributed by atoms with Gasteiger partial charge in [0.25, 0.3) is 5.91 Å². The Morgan fingerprint density at radius 1 is 1.26 bits per heavy atom. The minimum Gasteiger partial charge on any atom is -0.348 e. The van der Waals surface area contributed by atoms with Crippen LogP contribution in [-0.2, 0) is 6.54 Å². The Balaban J connectivity index is 1.46. The number of aromatic nitrogens is 5. The number of amides is 1. The van der Waals surface area contributed by atoms with Crippen molar-refractivity contribution < 1.29 is 9.18 Å². The van der Waals surface area contributed by atoms with Crippen LogP contribution in [0.2, 0.25) is 0 Å². The molecule has 1 amide bonds. The summed E-state index contributed by atoms with van der Waals surface area (Å²) >= 11 is 0. The van der Waals surface area contributed by atoms with Crippen molar-refractivity contribution >= 4 is 23.2 Å². The molecule has 31 heavy (non-hydrogen) atoms. The Kier molecular flexibility index (Phi) is 4.85. The van der Waals surface area contributed by atoms with Gasteiger partial charge in [-0.25, -0.2) is 18.6 Å². The van der Waals surface area contributed by atoms with Crippen molar-refractivity contribution in [2.75, 3.05) is 16.8 Å². The maximum Gasteiger partial charge on any atom is 0.277 e. The summed E-state index contributed by atoms with van der Waals surface area (Å²) in [5.41, 5.74) is 1.84. The number of aryl methyl sites for hydroxylation is 1. The fourth-order valence-electron chi connectivity index (χ4n) is 4.14. The molecule has 158 valence electrons. The minimum atomic E-state index is -0.310. The molecule has 1 aliphatic heterocycles. The number of carbonyl (C=O) groups excluding carboxylic acids is 1. The van der Waals surface area contributed by atoms with Crippen molar-refractivity contribution in [3.05, 3.63) is 71.9 Å². The smallest absolute Gasteiger partial charge is 0.277 e. The highest BCUT2D eigenvalue weighted by atomic mass is 19.1. The summed E-state index contributed by atoms with van der Waals surface area (Å²) in [6, 6.07) is 12.2. The van der Waals surface area contributed by atoms with Gasteiger partial charge in [0.1, 0.15) is 17.5 Å². The Bertz CT molecular complexity index is 1250. The molecule has 1 saturated heterocycles. The molecule has 1 atom stereocenters. The molecule has 8 nitrogen and oxygen atoms in total. The molecule has 0 saturated carbocycles. The molecule has 9 heteroatoms. The van der Waals surface area contributed by atoms with Gasteiger partial charge in [0, 0.05) is 19.2 Å². The molecule has 0 radical (unpaired) electrons. The monoisotopic (exact) mass is 419 g/mol. The number of nitrogens with zero attached hydrogens (tertiary/aromatic N) is 6. The number of hydrogen-bond acceptors (Lipinski definition) is 5. The van der Waals surface area contributed by atoms with E-state index in [0.29, 0.717) is 23.7 Å². The van der Waals surface area contributed by atoms with Crippen molar-refractivity contribution in [2.45, 2.75) is 32.4 Å². The number of carbonyl (C=O) groups is 1. The maximum atomic E-state index is 13.8. The molecule has 1 N–H and O–H groups in total. The van der Waals surface area contributed by atoms with Crippen LogP contribution < -0.4 is 10.2 Å². The molecular weight excluding hydrogens is 397 g/mol. The average Bonchev–Trinajstić information content (AvgIpc) is 3.52. The number of benzene rings is 1. The van der Waals surface area contributed by atoms with Crippen LogP contribution in [0.1, 0.15) is 41.9 Å². The zero-order chi connectivity index (χ0) is 21.4. The summed E-state index contributed by atoms with van der Waals surface area (Å²) in [6.07, 6.45) is 5.06. The summed E-state index contributed by atoms with van der Waals surface area (Å²) in [5, 5.41) is 11.8. The highest BCUT2D eigenvalue weighted by Crippen LogP contribution is 2.35. The molecule has 5 rings (SSSR count). The lowest BCUT2D eigenvalue weighted by Gasteiger charge is -2.26. The minimum absolute atomic E-state index is 0.0420. The second-order valence-electron chi connectivity index (χ2n) is 7.50. The molecule has 0 aliphatic carbocycles. The van der Waals surface area contributed by atoms with Gasteiger partial charge in [-0.15, -0.1) is 5.10 Å². The molecule has 4 heterocycles. The first-order valence-electron chi connectivity index (χ1n) is 10.3. The van der Waals surface area contributed by atoms with E-state index in [4.69, 9.17) is 5.10 Å². The lowest BCUT2D eigenvalue weighted by atomic mass is 10.0. The zero-order valence-electron chi connectivity index (χ0n) is 17.1. The summed E-state index contributed by atoms with van der Waals surface area (Å²) in [7, 11) is 0. The fourth-order valence-corrected chi connectivity index (χ4v) is 4.14. The molecule has 1 aliphatic rings. The number of hydrogen-bond donors (Lipinski definition) is 1. The maximum absolute atomic E-state index is 13.8. The lowest BCUT2D eigenvalue weighted by Crippen LogP contribution is -2.25. The number of fused-ring (bicyclic) bond motifs is 1. The number of imidazole rings is 1. The van der Waals surface area contributed by atoms with Crippen LogP contribution in [-0.4, -0.2) is 36.8 Å². The van der Waals surface area contributed by atoms with Gasteiger partial charge in [-0.2, -0.15) is 5.10 Å². The standard InChI is InChI=1S/C22H22FN7O/c1-2-29-20(10-11-25-29)26-22(31)18-14-24-19-8-9-21(27-30(18)19)28-12-4-7-17(28)15-5-3-6-16(23)13-15/h3,5-6,8-11,13-14,17H,2,4,7,12H2,1H3,(H,26,31). The molecule has 1 unspecified atom stereocenters. The molecule has 0 bridgehead atoms. The third kappa shape index (κ3) is 3.52. The molecule has 1 fully saturated rings. The van der Waals surface area contributed by atoms with Crippen molar-refractivity contribution in [2.24, 2.45) is 0 Å². The van der Waals surface area contributed by atoms with Crippen molar-refractivity contribution in [1.82, 2.24) is 24.4 Å². The number of halogens is 1. The van der Waals surface area contributed by atoms with E-state index >= 15 is 0 Å². The topological polar surface area (TPSA) is 80.3 Å². The highest BCUT2D eigenvalue weighted by Gasteiger charge is 2.28. The fraction of sp³-hybridized carbons (Fsp3) is 0.273. The largest absolute Gasteiger partial charge is 0.348 e. The van der Waals surface area contributed by atoms with E-state index in [9.17, 15) is 9.18 Å². The third-order valence-electron chi connectivity index (χ3n) is 5.62. The lowest BCUT2D eigenvalue weighted by molar-refractivity contribution is 0.101. The van der Waals surface area contributed by atoms with E-state index in [2.05, 4.69) is 20.3 Å². The summed E-state index contributed by atoms with van der Waals surface area (Å²) in [4.78, 5) is 19.4. The first-order valence-corrected chi connectivity index (χ1v) is 10.3. The molecular formula is C22H22FN7O. The first kappa shape index (κ1) is 19.2. The summed E-state index contributed by atoms with van der Waals surface area (Å²) in [5.74, 6) is 0.789. The van der Waals surface area contributed by atoms with Gasteiger partial charge in [-0.1, -0.05) is 12.1 Å². The average molecular weight is 419 g/mol. The SMILES string of the molecule is CCn1nccc1NC(=O)c1cnc2ccc(N3CCCC3c3cccc(F)c3)nn12. The van der Waals surface area contributed by atoms with Gasteiger partial charge >= 0.3 is 0 Å². The van der Waals surface area contributed by atoms with Crippen LogP contribution in [0.25, 0.3) is 5.65 Å². The number of anilines is 2. The molecule has 0 spiro atoms. The quantitative estimate of drug-likeness (QED) is 0.534. The molecule has 1 aromatic carbocycles. The van der Waals surface area contributed by atoms with Crippen molar-refractivity contribution in [3.8, 4) is 0 Å². The normalized spacial score (nSPS) is 16.2. The Morgan fingerprint density at radius 2 is 2.16 bits per heavy atom. The molecule has 4 aromatic rings. The second kappa shape index (κ2) is 7.82. The predicted octanol–water partition coefficient (Wildman–Crippen LogP) is 3.68. The zero-order valence-corrected chi connectivity index (χ0v) is 17.1. The third-order valence-corrected chi connectivity index (χ3v) is 5.62. The van der Waals surface area contributed by atoms with E-state index in [-0.39, 0.29) is 17.8 Å². The second-order valence-corrected chi connectivity index (χ2v) is 7.50. The van der Waals surface area contributed by atoms with Crippen LogP contribution in [0.5, 0.6) is 0 Å². The van der Waals surface area contributed by atoms with Gasteiger partial charge in [-0.05, 0) is 49.6 Å². The van der Waals surface area contributed by atoms with E-state index < -0.39 is 0 Å². The van der Waals surface area contributed by atoms with Gasteiger partial charge in [-0.3, -0.25) is 4.79 Å². The summed E-state index contributed by atoms with van der Waals surface area (Å²) in [6.45, 7) is 3.41. The van der Waals surface area contributed by atoms with Crippen molar-refractivity contribution in [1.29, 1.82) is 0 Å². The van der Waals surface area contributed by atoms with E-state index in [1.54, 1.807) is 33.6 Å². The molecule has 3 aromatic heterocycles. The van der Waals surface area contributed by atoms with Gasteiger partial charge in [0.05, 0.1) is 18.4 Å². The number of nitrogens with one attached hydrogen (secondary N) is 1. The van der Waals surface area contributed by atoms with Gasteiger partial charge < -0.3 is 10.2 Å². The van der Waals surface area contributed by atoms with Crippen LogP contribution in [0.3, 0.4) is 0 Å². The van der Waals surface area contributed by atoms with E-state index in [0.717, 1.165) is 30.8 Å². The first-order chi connectivity index (χ1) is 15.1. The van der Waals surface area contributed by atoms with Crippen LogP contribution in [0, 0.1) is 5.82 Å². The predicted molar refractivity (Wildman–Crippen MR) is 115 cm³/mol. The van der Waals surface area contributed by atoms with Crippen LogP contribution in [0.4, 0.5) is 16.0 Å². The highest BCUT2D eigenvalue weighted by molar-refractivity contribution is 6.02. The number of rotatable bonds is 5. The Morgan fingerprint density at radius 3 is 3.00 bits per heavy atom. The van der Waals surface area contributed by atoms with Crippen molar-refractivity contribution in [3.63, 3.8) is 0 Å². The summed E-state index contributed by atoms with van der Waals surface area (Å²) < 4.78 is 17.0. The van der Waals surface area contributed by atoms with Crippen LogP contribution >= 0.6 is 0 Å².